The fourth-order valence-corrected chi connectivity index (χ4v) is 3.64. The summed E-state index contributed by atoms with van der Waals surface area (Å²) in [6.45, 7) is 7.22. The van der Waals surface area contributed by atoms with Gasteiger partial charge in [0.2, 0.25) is 0 Å². The zero-order valence-electron chi connectivity index (χ0n) is 19.4. The highest BCUT2D eigenvalue weighted by atomic mass is 16.6. The van der Waals surface area contributed by atoms with Gasteiger partial charge in [0, 0.05) is 13.1 Å². The summed E-state index contributed by atoms with van der Waals surface area (Å²) < 4.78 is 16.0. The molecular weight excluding hydrogens is 406 g/mol. The van der Waals surface area contributed by atoms with Crippen molar-refractivity contribution in [3.05, 3.63) is 59.7 Å². The van der Waals surface area contributed by atoms with E-state index in [2.05, 4.69) is 11.0 Å². The molecular formula is C25H31N3O4. The molecule has 1 fully saturated rings. The van der Waals surface area contributed by atoms with Crippen molar-refractivity contribution in [2.24, 2.45) is 0 Å². The van der Waals surface area contributed by atoms with Crippen LogP contribution in [0.2, 0.25) is 0 Å². The van der Waals surface area contributed by atoms with Crippen LogP contribution in [0.15, 0.2) is 48.5 Å². The largest absolute Gasteiger partial charge is 0.497 e. The van der Waals surface area contributed by atoms with Gasteiger partial charge in [0.1, 0.15) is 22.6 Å². The standard InChI is InChI=1S/C25H31N3O4/c1-24(2,3)32-23(29)27-17-25(16-26,18-27)28(14-19-6-10-21(30-4)11-7-19)15-20-8-12-22(31-5)13-9-20/h6-13H,14-15,17-18H2,1-5H3. The highest BCUT2D eigenvalue weighted by Gasteiger charge is 2.51. The third-order valence-electron chi connectivity index (χ3n) is 5.43. The van der Waals surface area contributed by atoms with Gasteiger partial charge in [-0.2, -0.15) is 5.26 Å². The highest BCUT2D eigenvalue weighted by molar-refractivity contribution is 5.70. The summed E-state index contributed by atoms with van der Waals surface area (Å²) in [6, 6.07) is 18.1. The first-order valence-electron chi connectivity index (χ1n) is 10.6. The topological polar surface area (TPSA) is 75.0 Å². The number of hydrogen-bond acceptors (Lipinski definition) is 6. The Balaban J connectivity index is 1.81. The third-order valence-corrected chi connectivity index (χ3v) is 5.43. The second-order valence-electron chi connectivity index (χ2n) is 9.03. The monoisotopic (exact) mass is 437 g/mol. The number of nitriles is 1. The molecule has 1 amide bonds. The summed E-state index contributed by atoms with van der Waals surface area (Å²) >= 11 is 0. The van der Waals surface area contributed by atoms with E-state index in [0.29, 0.717) is 26.2 Å². The zero-order valence-corrected chi connectivity index (χ0v) is 19.4. The van der Waals surface area contributed by atoms with Crippen molar-refractivity contribution in [2.75, 3.05) is 27.3 Å². The Hall–Kier alpha value is -3.24. The highest BCUT2D eigenvalue weighted by Crippen LogP contribution is 2.32. The third kappa shape index (κ3) is 5.51. The number of methoxy groups -OCH3 is 2. The van der Waals surface area contributed by atoms with Crippen LogP contribution in [0.5, 0.6) is 11.5 Å². The number of benzene rings is 2. The average molecular weight is 438 g/mol. The second-order valence-corrected chi connectivity index (χ2v) is 9.03. The van der Waals surface area contributed by atoms with E-state index >= 15 is 0 Å². The summed E-state index contributed by atoms with van der Waals surface area (Å²) in [4.78, 5) is 16.2. The predicted octanol–water partition coefficient (Wildman–Crippen LogP) is 4.22. The molecule has 0 atom stereocenters. The van der Waals surface area contributed by atoms with E-state index in [1.165, 1.54) is 0 Å². The number of carbonyl (C=O) groups excluding carboxylic acids is 1. The van der Waals surface area contributed by atoms with E-state index in [9.17, 15) is 10.1 Å². The number of nitrogens with zero attached hydrogens (tertiary/aromatic N) is 3. The van der Waals surface area contributed by atoms with Crippen LogP contribution in [-0.4, -0.2) is 54.3 Å². The van der Waals surface area contributed by atoms with Crippen LogP contribution >= 0.6 is 0 Å². The van der Waals surface area contributed by atoms with Gasteiger partial charge in [-0.1, -0.05) is 24.3 Å². The molecule has 0 N–H and O–H groups in total. The molecule has 7 nitrogen and oxygen atoms in total. The van der Waals surface area contributed by atoms with Gasteiger partial charge < -0.3 is 19.1 Å². The first-order valence-corrected chi connectivity index (χ1v) is 10.6. The zero-order chi connectivity index (χ0) is 23.4. The van der Waals surface area contributed by atoms with Gasteiger partial charge in [0.05, 0.1) is 33.4 Å². The van der Waals surface area contributed by atoms with Crippen molar-refractivity contribution in [1.29, 1.82) is 5.26 Å². The first kappa shape index (κ1) is 23.4. The van der Waals surface area contributed by atoms with E-state index in [-0.39, 0.29) is 0 Å². The van der Waals surface area contributed by atoms with Crippen molar-refractivity contribution in [1.82, 2.24) is 9.80 Å². The van der Waals surface area contributed by atoms with E-state index < -0.39 is 17.2 Å². The van der Waals surface area contributed by atoms with Crippen LogP contribution in [0.25, 0.3) is 0 Å². The fourth-order valence-electron chi connectivity index (χ4n) is 3.64. The molecule has 1 aliphatic heterocycles. The Morgan fingerprint density at radius 2 is 1.41 bits per heavy atom. The molecule has 1 aliphatic rings. The minimum absolute atomic E-state index is 0.296. The van der Waals surface area contributed by atoms with Crippen molar-refractivity contribution in [3.8, 4) is 17.6 Å². The Labute approximate surface area is 190 Å². The van der Waals surface area contributed by atoms with Crippen LogP contribution < -0.4 is 9.47 Å². The Kier molecular flexibility index (Phi) is 6.95. The Morgan fingerprint density at radius 1 is 0.969 bits per heavy atom. The smallest absolute Gasteiger partial charge is 0.410 e. The lowest BCUT2D eigenvalue weighted by Gasteiger charge is -2.51. The van der Waals surface area contributed by atoms with Gasteiger partial charge >= 0.3 is 6.09 Å². The molecule has 1 heterocycles. The van der Waals surface area contributed by atoms with E-state index in [1.807, 2.05) is 69.3 Å². The van der Waals surface area contributed by atoms with Crippen LogP contribution in [0.1, 0.15) is 31.9 Å². The molecule has 32 heavy (non-hydrogen) atoms. The molecule has 0 bridgehead atoms. The van der Waals surface area contributed by atoms with Crippen molar-refractivity contribution in [2.45, 2.75) is 45.0 Å². The predicted molar refractivity (Wildman–Crippen MR) is 121 cm³/mol. The minimum Gasteiger partial charge on any atom is -0.497 e. The average Bonchev–Trinajstić information content (AvgIpc) is 2.73. The lowest BCUT2D eigenvalue weighted by atomic mass is 9.88. The van der Waals surface area contributed by atoms with Crippen LogP contribution in [0.3, 0.4) is 0 Å². The molecule has 3 rings (SSSR count). The Morgan fingerprint density at radius 3 is 1.75 bits per heavy atom. The number of hydrogen-bond donors (Lipinski definition) is 0. The lowest BCUT2D eigenvalue weighted by Crippen LogP contribution is -2.70. The minimum atomic E-state index is -0.795. The van der Waals surface area contributed by atoms with Crippen molar-refractivity contribution < 1.29 is 19.0 Å². The molecule has 0 spiro atoms. The van der Waals surface area contributed by atoms with Gasteiger partial charge in [-0.25, -0.2) is 4.79 Å². The quantitative estimate of drug-likeness (QED) is 0.646. The molecule has 1 saturated heterocycles. The summed E-state index contributed by atoms with van der Waals surface area (Å²) in [7, 11) is 3.27. The number of likely N-dealkylation sites (tertiary alicyclic amines) is 1. The number of rotatable bonds is 7. The number of amides is 1. The second kappa shape index (κ2) is 9.49. The van der Waals surface area contributed by atoms with Crippen LogP contribution in [0.4, 0.5) is 4.79 Å². The molecule has 2 aromatic carbocycles. The van der Waals surface area contributed by atoms with Crippen LogP contribution in [-0.2, 0) is 17.8 Å². The van der Waals surface area contributed by atoms with Crippen molar-refractivity contribution >= 4 is 6.09 Å². The van der Waals surface area contributed by atoms with Gasteiger partial charge in [-0.3, -0.25) is 4.90 Å². The number of ether oxygens (including phenoxy) is 3. The first-order chi connectivity index (χ1) is 15.2. The van der Waals surface area contributed by atoms with Gasteiger partial charge in [0.25, 0.3) is 0 Å². The molecule has 0 aromatic heterocycles. The normalized spacial score (nSPS) is 15.0. The molecule has 170 valence electrons. The summed E-state index contributed by atoms with van der Waals surface area (Å²) in [5.41, 5.74) is 0.749. The van der Waals surface area contributed by atoms with Gasteiger partial charge in [-0.15, -0.1) is 0 Å². The summed E-state index contributed by atoms with van der Waals surface area (Å²) in [5, 5.41) is 10.1. The van der Waals surface area contributed by atoms with E-state index in [1.54, 1.807) is 19.1 Å². The maximum atomic E-state index is 12.5. The van der Waals surface area contributed by atoms with Crippen LogP contribution in [0, 0.1) is 11.3 Å². The maximum Gasteiger partial charge on any atom is 0.410 e. The summed E-state index contributed by atoms with van der Waals surface area (Å²) in [6.07, 6.45) is -0.391. The SMILES string of the molecule is COc1ccc(CN(Cc2ccc(OC)cc2)C2(C#N)CN(C(=O)OC(C)(C)C)C2)cc1. The summed E-state index contributed by atoms with van der Waals surface area (Å²) in [5.74, 6) is 1.57. The van der Waals surface area contributed by atoms with Crippen molar-refractivity contribution in [3.63, 3.8) is 0 Å². The molecule has 0 saturated carbocycles. The number of carbonyl (C=O) groups is 1. The molecule has 0 unspecified atom stereocenters. The lowest BCUT2D eigenvalue weighted by molar-refractivity contribution is -0.0453. The Bertz CT molecular complexity index is 903. The molecule has 7 heteroatoms. The molecule has 0 radical (unpaired) electrons. The van der Waals surface area contributed by atoms with E-state index in [0.717, 1.165) is 22.6 Å². The molecule has 0 aliphatic carbocycles. The fraction of sp³-hybridized carbons (Fsp3) is 0.440. The molecule has 2 aromatic rings. The maximum absolute atomic E-state index is 12.5. The van der Waals surface area contributed by atoms with Gasteiger partial charge in [0.15, 0.2) is 0 Å². The van der Waals surface area contributed by atoms with E-state index in [4.69, 9.17) is 14.2 Å². The van der Waals surface area contributed by atoms with Gasteiger partial charge in [-0.05, 0) is 56.2 Å².